The minimum Gasteiger partial charge on any atom is -0.362 e. The molecule has 2 aromatic rings. The third-order valence-corrected chi connectivity index (χ3v) is 3.88. The predicted octanol–water partition coefficient (Wildman–Crippen LogP) is 3.82. The van der Waals surface area contributed by atoms with Gasteiger partial charge in [0, 0.05) is 6.42 Å². The van der Waals surface area contributed by atoms with E-state index in [4.69, 9.17) is 16.9 Å². The SMILES string of the molecule is N#Cc1cnn2c1N[C@@H](c1ccc(F)cc1)C[C@H]2C(F)(F)Cl. The highest BCUT2D eigenvalue weighted by Crippen LogP contribution is 2.45. The summed E-state index contributed by atoms with van der Waals surface area (Å²) in [6, 6.07) is 5.49. The Hall–Kier alpha value is -2.20. The minimum absolute atomic E-state index is 0.0400. The number of nitriles is 1. The molecule has 0 aliphatic carbocycles. The summed E-state index contributed by atoms with van der Waals surface area (Å²) in [5.74, 6) is -0.227. The molecule has 0 spiro atoms. The van der Waals surface area contributed by atoms with E-state index < -0.39 is 23.3 Å². The van der Waals surface area contributed by atoms with Crippen LogP contribution in [0, 0.1) is 17.1 Å². The van der Waals surface area contributed by atoms with Crippen LogP contribution in [0.25, 0.3) is 0 Å². The summed E-state index contributed by atoms with van der Waals surface area (Å²) in [7, 11) is 0. The first-order chi connectivity index (χ1) is 10.4. The number of hydrogen-bond acceptors (Lipinski definition) is 3. The first-order valence-corrected chi connectivity index (χ1v) is 6.84. The quantitative estimate of drug-likeness (QED) is 0.853. The van der Waals surface area contributed by atoms with Crippen LogP contribution in [-0.2, 0) is 0 Å². The predicted molar refractivity (Wildman–Crippen MR) is 74.2 cm³/mol. The Morgan fingerprint density at radius 2 is 2.05 bits per heavy atom. The topological polar surface area (TPSA) is 53.6 Å². The summed E-state index contributed by atoms with van der Waals surface area (Å²) in [4.78, 5) is 0. The Balaban J connectivity index is 2.03. The fourth-order valence-corrected chi connectivity index (χ4v) is 2.74. The van der Waals surface area contributed by atoms with Crippen molar-refractivity contribution in [3.05, 3.63) is 47.4 Å². The fraction of sp³-hybridized carbons (Fsp3) is 0.286. The van der Waals surface area contributed by atoms with Crippen molar-refractivity contribution in [2.45, 2.75) is 23.9 Å². The Bertz CT molecular complexity index is 730. The highest BCUT2D eigenvalue weighted by atomic mass is 35.5. The lowest BCUT2D eigenvalue weighted by Crippen LogP contribution is -2.35. The number of aromatic nitrogens is 2. The van der Waals surface area contributed by atoms with Crippen LogP contribution in [0.15, 0.2) is 30.5 Å². The minimum atomic E-state index is -3.52. The Kier molecular flexibility index (Phi) is 3.49. The number of benzene rings is 1. The zero-order valence-corrected chi connectivity index (χ0v) is 11.9. The largest absolute Gasteiger partial charge is 0.362 e. The van der Waals surface area contributed by atoms with E-state index in [0.29, 0.717) is 5.56 Å². The number of hydrogen-bond donors (Lipinski definition) is 1. The van der Waals surface area contributed by atoms with Crippen LogP contribution in [0.5, 0.6) is 0 Å². The van der Waals surface area contributed by atoms with Gasteiger partial charge in [-0.25, -0.2) is 9.07 Å². The van der Waals surface area contributed by atoms with Crippen LogP contribution in [0.4, 0.5) is 19.0 Å². The van der Waals surface area contributed by atoms with Gasteiger partial charge in [0.25, 0.3) is 0 Å². The first kappa shape index (κ1) is 14.7. The molecule has 0 unspecified atom stereocenters. The molecule has 1 aliphatic rings. The number of halogens is 4. The van der Waals surface area contributed by atoms with Crippen molar-refractivity contribution < 1.29 is 13.2 Å². The lowest BCUT2D eigenvalue weighted by molar-refractivity contribution is 0.0205. The van der Waals surface area contributed by atoms with Gasteiger partial charge in [0.05, 0.1) is 12.2 Å². The van der Waals surface area contributed by atoms with Crippen molar-refractivity contribution in [3.63, 3.8) is 0 Å². The van der Waals surface area contributed by atoms with Crippen molar-refractivity contribution in [2.75, 3.05) is 5.32 Å². The second-order valence-corrected chi connectivity index (χ2v) is 5.51. The van der Waals surface area contributed by atoms with Crippen LogP contribution in [-0.4, -0.2) is 15.2 Å². The average molecular weight is 327 g/mol. The van der Waals surface area contributed by atoms with Gasteiger partial charge in [-0.1, -0.05) is 12.1 Å². The molecule has 0 amide bonds. The third kappa shape index (κ3) is 2.50. The van der Waals surface area contributed by atoms with Gasteiger partial charge in [-0.05, 0) is 29.3 Å². The van der Waals surface area contributed by atoms with Crippen LogP contribution in [0.3, 0.4) is 0 Å². The van der Waals surface area contributed by atoms with Crippen molar-refractivity contribution in [1.82, 2.24) is 9.78 Å². The smallest absolute Gasteiger partial charge is 0.343 e. The summed E-state index contributed by atoms with van der Waals surface area (Å²) in [6.07, 6.45) is 1.17. The van der Waals surface area contributed by atoms with Gasteiger partial charge in [-0.15, -0.1) is 0 Å². The molecular weight excluding hydrogens is 317 g/mol. The molecular formula is C14H10ClF3N4. The molecule has 2 atom stereocenters. The molecule has 0 saturated carbocycles. The summed E-state index contributed by atoms with van der Waals surface area (Å²) >= 11 is 5.21. The Morgan fingerprint density at radius 1 is 1.36 bits per heavy atom. The molecule has 22 heavy (non-hydrogen) atoms. The van der Waals surface area contributed by atoms with Gasteiger partial charge in [0.2, 0.25) is 0 Å². The monoisotopic (exact) mass is 326 g/mol. The number of nitrogens with one attached hydrogen (secondary N) is 1. The Morgan fingerprint density at radius 3 is 2.64 bits per heavy atom. The molecule has 4 nitrogen and oxygen atoms in total. The summed E-state index contributed by atoms with van der Waals surface area (Å²) in [5, 5.41) is 12.4. The highest BCUT2D eigenvalue weighted by molar-refractivity contribution is 6.22. The van der Waals surface area contributed by atoms with E-state index in [1.165, 1.54) is 30.5 Å². The normalized spacial score (nSPS) is 20.9. The van der Waals surface area contributed by atoms with E-state index in [0.717, 1.165) is 4.68 Å². The van der Waals surface area contributed by atoms with Gasteiger partial charge in [0.1, 0.15) is 29.3 Å². The van der Waals surface area contributed by atoms with E-state index in [-0.39, 0.29) is 17.8 Å². The van der Waals surface area contributed by atoms with Crippen molar-refractivity contribution in [2.24, 2.45) is 0 Å². The molecule has 1 aromatic heterocycles. The second kappa shape index (κ2) is 5.21. The number of rotatable bonds is 2. The van der Waals surface area contributed by atoms with Gasteiger partial charge in [-0.2, -0.15) is 19.1 Å². The summed E-state index contributed by atoms with van der Waals surface area (Å²) in [5.41, 5.74) is 0.779. The fourth-order valence-electron chi connectivity index (χ4n) is 2.56. The lowest BCUT2D eigenvalue weighted by Gasteiger charge is -2.34. The number of anilines is 1. The molecule has 0 bridgehead atoms. The molecule has 114 valence electrons. The van der Waals surface area contributed by atoms with Gasteiger partial charge in [0.15, 0.2) is 0 Å². The van der Waals surface area contributed by atoms with E-state index in [2.05, 4.69) is 10.4 Å². The number of nitrogens with zero attached hydrogens (tertiary/aromatic N) is 3. The van der Waals surface area contributed by atoms with E-state index in [1.54, 1.807) is 0 Å². The van der Waals surface area contributed by atoms with Gasteiger partial charge >= 0.3 is 5.38 Å². The first-order valence-electron chi connectivity index (χ1n) is 6.46. The van der Waals surface area contributed by atoms with Crippen LogP contribution in [0.2, 0.25) is 0 Å². The van der Waals surface area contributed by atoms with Crippen LogP contribution in [0.1, 0.15) is 29.6 Å². The van der Waals surface area contributed by atoms with Crippen LogP contribution >= 0.6 is 11.6 Å². The molecule has 8 heteroatoms. The molecule has 2 heterocycles. The lowest BCUT2D eigenvalue weighted by atomic mass is 9.97. The molecule has 1 aliphatic heterocycles. The molecule has 0 radical (unpaired) electrons. The maximum atomic E-state index is 13.7. The molecule has 1 N–H and O–H groups in total. The molecule has 1 aromatic carbocycles. The van der Waals surface area contributed by atoms with Crippen molar-refractivity contribution >= 4 is 17.4 Å². The average Bonchev–Trinajstić information content (AvgIpc) is 2.88. The van der Waals surface area contributed by atoms with Crippen molar-refractivity contribution in [3.8, 4) is 6.07 Å². The van der Waals surface area contributed by atoms with E-state index in [1.807, 2.05) is 6.07 Å². The maximum Gasteiger partial charge on any atom is 0.343 e. The molecule has 0 saturated heterocycles. The van der Waals surface area contributed by atoms with E-state index >= 15 is 0 Å². The number of fused-ring (bicyclic) bond motifs is 1. The van der Waals surface area contributed by atoms with Crippen LogP contribution < -0.4 is 5.32 Å². The highest BCUT2D eigenvalue weighted by Gasteiger charge is 2.45. The molecule has 3 rings (SSSR count). The zero-order valence-electron chi connectivity index (χ0n) is 11.1. The summed E-state index contributed by atoms with van der Waals surface area (Å²) in [6.45, 7) is 0. The zero-order chi connectivity index (χ0) is 15.9. The van der Waals surface area contributed by atoms with E-state index in [9.17, 15) is 13.2 Å². The third-order valence-electron chi connectivity index (χ3n) is 3.63. The van der Waals surface area contributed by atoms with Gasteiger partial charge in [-0.3, -0.25) is 0 Å². The molecule has 0 fully saturated rings. The second-order valence-electron chi connectivity index (χ2n) is 5.00. The Labute approximate surface area is 129 Å². The standard InChI is InChI=1S/C14H10ClF3N4/c15-14(17,18)12-5-11(8-1-3-10(16)4-2-8)21-13-9(6-19)7-20-22(12)13/h1-4,7,11-12,21H,5H2/t11-,12+/m1/s1. The van der Waals surface area contributed by atoms with Crippen molar-refractivity contribution in [1.29, 1.82) is 5.26 Å². The summed E-state index contributed by atoms with van der Waals surface area (Å²) < 4.78 is 41.4. The van der Waals surface area contributed by atoms with Gasteiger partial charge < -0.3 is 5.32 Å². The maximum absolute atomic E-state index is 13.7. The number of alkyl halides is 3.